The van der Waals surface area contributed by atoms with Gasteiger partial charge in [0, 0.05) is 30.4 Å². The predicted molar refractivity (Wildman–Crippen MR) is 110 cm³/mol. The maximum Gasteiger partial charge on any atom is 0.354 e. The van der Waals surface area contributed by atoms with Crippen molar-refractivity contribution in [1.82, 2.24) is 14.8 Å². The minimum absolute atomic E-state index is 0.0407. The summed E-state index contributed by atoms with van der Waals surface area (Å²) in [5.74, 6) is -0.260. The topological polar surface area (TPSA) is 80.6 Å². The molecular formula is C21H35N3O4. The first kappa shape index (κ1) is 23.7. The zero-order valence-electron chi connectivity index (χ0n) is 18.7. The number of nitrogens with one attached hydrogen (secondary N) is 1. The summed E-state index contributed by atoms with van der Waals surface area (Å²) in [4.78, 5) is 39.5. The molecule has 0 spiro atoms. The predicted octanol–water partition coefficient (Wildman–Crippen LogP) is 3.47. The monoisotopic (exact) mass is 393 g/mol. The first-order valence-corrected chi connectivity index (χ1v) is 9.64. The fourth-order valence-electron chi connectivity index (χ4n) is 3.09. The molecule has 1 N–H and O–H groups in total. The van der Waals surface area contributed by atoms with Gasteiger partial charge >= 0.3 is 12.0 Å². The molecule has 1 aromatic rings. The Labute approximate surface area is 168 Å². The first-order chi connectivity index (χ1) is 12.8. The van der Waals surface area contributed by atoms with E-state index in [9.17, 15) is 14.4 Å². The van der Waals surface area contributed by atoms with Gasteiger partial charge in [0.05, 0.1) is 13.7 Å². The molecule has 0 unspecified atom stereocenters. The molecule has 0 aliphatic carbocycles. The number of esters is 1. The SMILES string of the molecule is COC(=O)c1c(C)c(C(=O)CN(CCC(C)C)C(=O)NC(C)(C)C)c(C)n1C. The van der Waals surface area contributed by atoms with E-state index in [0.29, 0.717) is 35.0 Å². The number of ketones is 1. The van der Waals surface area contributed by atoms with Crippen LogP contribution < -0.4 is 5.32 Å². The Balaban J connectivity index is 3.17. The maximum atomic E-state index is 13.1. The third-order valence-electron chi connectivity index (χ3n) is 4.67. The van der Waals surface area contributed by atoms with E-state index in [2.05, 4.69) is 19.2 Å². The highest BCUT2D eigenvalue weighted by atomic mass is 16.5. The van der Waals surface area contributed by atoms with Crippen molar-refractivity contribution >= 4 is 17.8 Å². The Morgan fingerprint density at radius 3 is 2.21 bits per heavy atom. The summed E-state index contributed by atoms with van der Waals surface area (Å²) in [5, 5.41) is 2.93. The number of carbonyl (C=O) groups excluding carboxylic acids is 3. The van der Waals surface area contributed by atoms with E-state index in [4.69, 9.17) is 4.74 Å². The van der Waals surface area contributed by atoms with Gasteiger partial charge in [-0.15, -0.1) is 0 Å². The van der Waals surface area contributed by atoms with Crippen LogP contribution in [0, 0.1) is 19.8 Å². The average Bonchev–Trinajstić information content (AvgIpc) is 2.78. The molecular weight excluding hydrogens is 358 g/mol. The molecule has 0 atom stereocenters. The van der Waals surface area contributed by atoms with Gasteiger partial charge in [-0.05, 0) is 52.5 Å². The van der Waals surface area contributed by atoms with E-state index >= 15 is 0 Å². The fourth-order valence-corrected chi connectivity index (χ4v) is 3.09. The van der Waals surface area contributed by atoms with Crippen LogP contribution in [0.15, 0.2) is 0 Å². The van der Waals surface area contributed by atoms with Gasteiger partial charge in [0.15, 0.2) is 5.78 Å². The fraction of sp³-hybridized carbons (Fsp3) is 0.667. The minimum Gasteiger partial charge on any atom is -0.464 e. The van der Waals surface area contributed by atoms with Crippen molar-refractivity contribution < 1.29 is 19.1 Å². The molecule has 7 nitrogen and oxygen atoms in total. The molecule has 0 aromatic carbocycles. The Morgan fingerprint density at radius 2 is 1.75 bits per heavy atom. The second-order valence-electron chi connectivity index (χ2n) is 8.69. The molecule has 1 heterocycles. The van der Waals surface area contributed by atoms with Gasteiger partial charge in [0.1, 0.15) is 5.69 Å². The summed E-state index contributed by atoms with van der Waals surface area (Å²) in [6, 6.07) is -0.263. The van der Waals surface area contributed by atoms with Gasteiger partial charge < -0.3 is 19.5 Å². The average molecular weight is 394 g/mol. The number of hydrogen-bond donors (Lipinski definition) is 1. The molecule has 28 heavy (non-hydrogen) atoms. The van der Waals surface area contributed by atoms with Crippen LogP contribution in [0.2, 0.25) is 0 Å². The summed E-state index contributed by atoms with van der Waals surface area (Å²) < 4.78 is 6.51. The molecule has 7 heteroatoms. The summed E-state index contributed by atoms with van der Waals surface area (Å²) >= 11 is 0. The Bertz CT molecular complexity index is 742. The lowest BCUT2D eigenvalue weighted by Crippen LogP contribution is -2.50. The van der Waals surface area contributed by atoms with Crippen molar-refractivity contribution in [3.8, 4) is 0 Å². The lowest BCUT2D eigenvalue weighted by atomic mass is 10.0. The molecule has 0 radical (unpaired) electrons. The largest absolute Gasteiger partial charge is 0.464 e. The van der Waals surface area contributed by atoms with Crippen LogP contribution >= 0.6 is 0 Å². The summed E-state index contributed by atoms with van der Waals surface area (Å²) in [7, 11) is 3.05. The molecule has 2 amide bonds. The number of nitrogens with zero attached hydrogens (tertiary/aromatic N) is 2. The lowest BCUT2D eigenvalue weighted by molar-refractivity contribution is 0.0588. The van der Waals surface area contributed by atoms with E-state index < -0.39 is 11.5 Å². The highest BCUT2D eigenvalue weighted by molar-refractivity contribution is 6.04. The van der Waals surface area contributed by atoms with Crippen LogP contribution in [0.3, 0.4) is 0 Å². The molecule has 0 saturated heterocycles. The maximum absolute atomic E-state index is 13.1. The van der Waals surface area contributed by atoms with E-state index in [0.717, 1.165) is 6.42 Å². The van der Waals surface area contributed by atoms with Gasteiger partial charge in [-0.2, -0.15) is 0 Å². The molecule has 0 saturated carbocycles. The van der Waals surface area contributed by atoms with E-state index in [1.54, 1.807) is 30.4 Å². The van der Waals surface area contributed by atoms with Crippen molar-refractivity contribution in [3.63, 3.8) is 0 Å². The van der Waals surface area contributed by atoms with E-state index in [1.165, 1.54) is 7.11 Å². The van der Waals surface area contributed by atoms with Gasteiger partial charge in [0.25, 0.3) is 0 Å². The molecule has 0 bridgehead atoms. The van der Waals surface area contributed by atoms with Crippen LogP contribution in [0.5, 0.6) is 0 Å². The normalized spacial score (nSPS) is 11.5. The number of ether oxygens (including phenoxy) is 1. The third kappa shape index (κ3) is 5.84. The summed E-state index contributed by atoms with van der Waals surface area (Å²) in [6.45, 7) is 13.8. The number of rotatable bonds is 7. The van der Waals surface area contributed by atoms with Gasteiger partial charge in [-0.1, -0.05) is 13.8 Å². The minimum atomic E-state index is -0.482. The van der Waals surface area contributed by atoms with Crippen molar-refractivity contribution in [2.24, 2.45) is 13.0 Å². The highest BCUT2D eigenvalue weighted by Crippen LogP contribution is 2.23. The molecule has 1 rings (SSSR count). The van der Waals surface area contributed by atoms with E-state index in [-0.39, 0.29) is 18.4 Å². The smallest absolute Gasteiger partial charge is 0.354 e. The first-order valence-electron chi connectivity index (χ1n) is 9.64. The number of methoxy groups -OCH3 is 1. The van der Waals surface area contributed by atoms with Gasteiger partial charge in [-0.25, -0.2) is 9.59 Å². The Kier molecular flexibility index (Phi) is 7.84. The standard InChI is InChI=1S/C21H35N3O4/c1-13(2)10-11-24(20(27)22-21(5,6)7)12-16(25)17-14(3)18(19(26)28-9)23(8)15(17)4/h13H,10-12H2,1-9H3,(H,22,27). The highest BCUT2D eigenvalue weighted by Gasteiger charge is 2.28. The van der Waals surface area contributed by atoms with Crippen molar-refractivity contribution in [1.29, 1.82) is 0 Å². The number of urea groups is 1. The molecule has 0 aliphatic heterocycles. The van der Waals surface area contributed by atoms with Crippen molar-refractivity contribution in [2.45, 2.75) is 60.4 Å². The Hall–Kier alpha value is -2.31. The number of Topliss-reactive ketones (excluding diaryl/α,β-unsaturated/α-hetero) is 1. The van der Waals surface area contributed by atoms with Crippen molar-refractivity contribution in [3.05, 3.63) is 22.5 Å². The van der Waals surface area contributed by atoms with Crippen LogP contribution in [-0.2, 0) is 11.8 Å². The molecule has 0 aliphatic rings. The Morgan fingerprint density at radius 1 is 1.18 bits per heavy atom. The second kappa shape index (κ2) is 9.26. The number of hydrogen-bond acceptors (Lipinski definition) is 4. The van der Waals surface area contributed by atoms with E-state index in [1.807, 2.05) is 20.8 Å². The number of aromatic nitrogens is 1. The van der Waals surface area contributed by atoms with Gasteiger partial charge in [-0.3, -0.25) is 4.79 Å². The lowest BCUT2D eigenvalue weighted by Gasteiger charge is -2.28. The molecule has 1 aromatic heterocycles. The van der Waals surface area contributed by atoms with Crippen LogP contribution in [0.1, 0.15) is 73.1 Å². The van der Waals surface area contributed by atoms with Crippen molar-refractivity contribution in [2.75, 3.05) is 20.2 Å². The summed E-state index contributed by atoms with van der Waals surface area (Å²) in [5.41, 5.74) is 1.70. The van der Waals surface area contributed by atoms with Crippen LogP contribution in [-0.4, -0.2) is 53.0 Å². The molecule has 158 valence electrons. The van der Waals surface area contributed by atoms with Gasteiger partial charge in [0.2, 0.25) is 0 Å². The third-order valence-corrected chi connectivity index (χ3v) is 4.67. The van der Waals surface area contributed by atoms with Crippen LogP contribution in [0.4, 0.5) is 4.79 Å². The quantitative estimate of drug-likeness (QED) is 0.568. The zero-order valence-corrected chi connectivity index (χ0v) is 18.7. The number of amides is 2. The number of carbonyl (C=O) groups is 3. The molecule has 0 fully saturated rings. The zero-order chi connectivity index (χ0) is 21.8. The summed E-state index contributed by atoms with van der Waals surface area (Å²) in [6.07, 6.45) is 0.797. The second-order valence-corrected chi connectivity index (χ2v) is 8.69. The van der Waals surface area contributed by atoms with Crippen LogP contribution in [0.25, 0.3) is 0 Å².